The summed E-state index contributed by atoms with van der Waals surface area (Å²) in [5.41, 5.74) is -0.159. The highest BCUT2D eigenvalue weighted by Gasteiger charge is 2.03. The van der Waals surface area contributed by atoms with Crippen LogP contribution in [0.4, 0.5) is 0 Å². The average Bonchev–Trinajstić information content (AvgIpc) is 2.66. The van der Waals surface area contributed by atoms with Crippen molar-refractivity contribution in [1.82, 2.24) is 19.6 Å². The largest absolute Gasteiger partial charge is 0.390 e. The highest BCUT2D eigenvalue weighted by atomic mass is 16.3. The van der Waals surface area contributed by atoms with Crippen LogP contribution in [0.2, 0.25) is 0 Å². The molecular formula is C9H10N4O2. The smallest absolute Gasteiger partial charge is 0.205 e. The van der Waals surface area contributed by atoms with Gasteiger partial charge in [0.2, 0.25) is 5.43 Å². The van der Waals surface area contributed by atoms with Gasteiger partial charge in [-0.3, -0.25) is 9.48 Å². The molecule has 0 fully saturated rings. The van der Waals surface area contributed by atoms with Gasteiger partial charge in [0.05, 0.1) is 6.61 Å². The van der Waals surface area contributed by atoms with Gasteiger partial charge in [0, 0.05) is 31.6 Å². The fourth-order valence-electron chi connectivity index (χ4n) is 1.21. The molecule has 0 aromatic carbocycles. The van der Waals surface area contributed by atoms with Gasteiger partial charge < -0.3 is 5.11 Å². The van der Waals surface area contributed by atoms with Gasteiger partial charge >= 0.3 is 0 Å². The van der Waals surface area contributed by atoms with Crippen molar-refractivity contribution in [2.75, 3.05) is 0 Å². The van der Waals surface area contributed by atoms with Crippen LogP contribution in [0.3, 0.4) is 0 Å². The maximum absolute atomic E-state index is 11.2. The van der Waals surface area contributed by atoms with Crippen molar-refractivity contribution in [2.45, 2.75) is 6.61 Å². The normalized spacial score (nSPS) is 10.5. The fraction of sp³-hybridized carbons (Fsp3) is 0.222. The number of aliphatic hydroxyl groups is 1. The van der Waals surface area contributed by atoms with E-state index in [9.17, 15) is 4.79 Å². The summed E-state index contributed by atoms with van der Waals surface area (Å²) in [7, 11) is 1.79. The van der Waals surface area contributed by atoms with Crippen molar-refractivity contribution >= 4 is 0 Å². The summed E-state index contributed by atoms with van der Waals surface area (Å²) >= 11 is 0. The third kappa shape index (κ3) is 1.79. The Kier molecular flexibility index (Phi) is 2.34. The van der Waals surface area contributed by atoms with Crippen molar-refractivity contribution < 1.29 is 5.11 Å². The lowest BCUT2D eigenvalue weighted by Crippen LogP contribution is -2.16. The van der Waals surface area contributed by atoms with E-state index >= 15 is 0 Å². The second-order valence-corrected chi connectivity index (χ2v) is 3.08. The van der Waals surface area contributed by atoms with Crippen molar-refractivity contribution in [3.63, 3.8) is 0 Å². The monoisotopic (exact) mass is 206 g/mol. The zero-order valence-corrected chi connectivity index (χ0v) is 8.16. The number of aromatic nitrogens is 4. The Morgan fingerprint density at radius 2 is 2.13 bits per heavy atom. The Morgan fingerprint density at radius 3 is 2.73 bits per heavy atom. The van der Waals surface area contributed by atoms with Crippen molar-refractivity contribution in [1.29, 1.82) is 0 Å². The molecule has 2 heterocycles. The minimum Gasteiger partial charge on any atom is -0.390 e. The highest BCUT2D eigenvalue weighted by molar-refractivity contribution is 5.18. The molecule has 1 N–H and O–H groups in total. The molecule has 78 valence electrons. The van der Waals surface area contributed by atoms with E-state index in [0.717, 1.165) is 0 Å². The second-order valence-electron chi connectivity index (χ2n) is 3.08. The summed E-state index contributed by atoms with van der Waals surface area (Å²) < 4.78 is 3.08. The van der Waals surface area contributed by atoms with E-state index in [2.05, 4.69) is 10.2 Å². The lowest BCUT2D eigenvalue weighted by atomic mass is 10.4. The van der Waals surface area contributed by atoms with E-state index < -0.39 is 0 Å². The van der Waals surface area contributed by atoms with Crippen LogP contribution in [0, 0.1) is 0 Å². The Bertz CT molecular complexity index is 529. The predicted octanol–water partition coefficient (Wildman–Crippen LogP) is -0.542. The number of aryl methyl sites for hydroxylation is 1. The van der Waals surface area contributed by atoms with Gasteiger partial charge in [-0.1, -0.05) is 0 Å². The number of hydrogen-bond donors (Lipinski definition) is 1. The van der Waals surface area contributed by atoms with Crippen LogP contribution >= 0.6 is 0 Å². The van der Waals surface area contributed by atoms with E-state index in [4.69, 9.17) is 5.11 Å². The molecule has 0 radical (unpaired) electrons. The third-order valence-electron chi connectivity index (χ3n) is 1.96. The van der Waals surface area contributed by atoms with E-state index in [1.165, 1.54) is 16.9 Å². The lowest BCUT2D eigenvalue weighted by molar-refractivity contribution is 0.273. The minimum atomic E-state index is -0.369. The first-order valence-electron chi connectivity index (χ1n) is 4.40. The first kappa shape index (κ1) is 9.60. The summed E-state index contributed by atoms with van der Waals surface area (Å²) in [6, 6.07) is 3.12. The molecule has 0 atom stereocenters. The standard InChI is InChI=1S/C9H10N4O2/c1-12-4-3-9(11-12)13-5-2-8(15)7(6-14)10-13/h2-5,14H,6H2,1H3. The van der Waals surface area contributed by atoms with Gasteiger partial charge in [-0.2, -0.15) is 10.2 Å². The highest BCUT2D eigenvalue weighted by Crippen LogP contribution is 2.00. The van der Waals surface area contributed by atoms with Crippen molar-refractivity contribution in [2.24, 2.45) is 7.05 Å². The van der Waals surface area contributed by atoms with Crippen LogP contribution in [-0.4, -0.2) is 24.7 Å². The maximum atomic E-state index is 11.2. The maximum Gasteiger partial charge on any atom is 0.205 e. The zero-order valence-electron chi connectivity index (χ0n) is 8.16. The molecule has 0 aliphatic heterocycles. The van der Waals surface area contributed by atoms with Gasteiger partial charge in [-0.05, 0) is 0 Å². The van der Waals surface area contributed by atoms with E-state index in [-0.39, 0.29) is 17.7 Å². The molecule has 0 saturated heterocycles. The molecule has 2 aromatic heterocycles. The second kappa shape index (κ2) is 3.66. The van der Waals surface area contributed by atoms with Gasteiger partial charge in [0.25, 0.3) is 0 Å². The van der Waals surface area contributed by atoms with Crippen LogP contribution in [0.1, 0.15) is 5.69 Å². The average molecular weight is 206 g/mol. The Morgan fingerprint density at radius 1 is 1.33 bits per heavy atom. The Hall–Kier alpha value is -1.95. The molecule has 0 spiro atoms. The van der Waals surface area contributed by atoms with Crippen LogP contribution in [0.15, 0.2) is 29.3 Å². The minimum absolute atomic E-state index is 0.114. The molecule has 0 unspecified atom stereocenters. The third-order valence-corrected chi connectivity index (χ3v) is 1.96. The molecule has 6 heteroatoms. The molecule has 0 aliphatic carbocycles. The van der Waals surface area contributed by atoms with Crippen LogP contribution in [-0.2, 0) is 13.7 Å². The quantitative estimate of drug-likeness (QED) is 0.716. The Labute approximate surface area is 85.4 Å². The first-order chi connectivity index (χ1) is 7.20. The molecule has 2 rings (SSSR count). The molecule has 2 aromatic rings. The summed E-state index contributed by atoms with van der Waals surface area (Å²) in [6.07, 6.45) is 3.29. The van der Waals surface area contributed by atoms with E-state index in [1.807, 2.05) is 0 Å². The van der Waals surface area contributed by atoms with Gasteiger partial charge in [0.15, 0.2) is 5.82 Å². The van der Waals surface area contributed by atoms with Gasteiger partial charge in [-0.25, -0.2) is 4.68 Å². The van der Waals surface area contributed by atoms with E-state index in [1.54, 1.807) is 24.0 Å². The summed E-state index contributed by atoms with van der Waals surface area (Å²) in [6.45, 7) is -0.369. The SMILES string of the molecule is Cn1ccc(-n2ccc(=O)c(CO)n2)n1. The molecular weight excluding hydrogens is 196 g/mol. The van der Waals surface area contributed by atoms with E-state index in [0.29, 0.717) is 5.82 Å². The van der Waals surface area contributed by atoms with Gasteiger partial charge in [-0.15, -0.1) is 0 Å². The van der Waals surface area contributed by atoms with Crippen LogP contribution in [0.5, 0.6) is 0 Å². The van der Waals surface area contributed by atoms with Crippen LogP contribution in [0.25, 0.3) is 5.82 Å². The molecule has 0 saturated carbocycles. The summed E-state index contributed by atoms with van der Waals surface area (Å²) in [5.74, 6) is 0.604. The molecule has 6 nitrogen and oxygen atoms in total. The molecule has 0 amide bonds. The van der Waals surface area contributed by atoms with Crippen molar-refractivity contribution in [3.05, 3.63) is 40.4 Å². The fourth-order valence-corrected chi connectivity index (χ4v) is 1.21. The predicted molar refractivity (Wildman–Crippen MR) is 52.5 cm³/mol. The van der Waals surface area contributed by atoms with Gasteiger partial charge in [0.1, 0.15) is 5.69 Å². The lowest BCUT2D eigenvalue weighted by Gasteiger charge is -2.01. The Balaban J connectivity index is 2.50. The van der Waals surface area contributed by atoms with Crippen LogP contribution < -0.4 is 5.43 Å². The first-order valence-corrected chi connectivity index (χ1v) is 4.40. The number of rotatable bonds is 2. The molecule has 0 bridgehead atoms. The summed E-state index contributed by atoms with van der Waals surface area (Å²) in [5, 5.41) is 17.0. The zero-order chi connectivity index (χ0) is 10.8. The number of hydrogen-bond acceptors (Lipinski definition) is 4. The van der Waals surface area contributed by atoms with Crippen molar-refractivity contribution in [3.8, 4) is 5.82 Å². The molecule has 15 heavy (non-hydrogen) atoms. The number of aliphatic hydroxyl groups excluding tert-OH is 1. The summed E-state index contributed by atoms with van der Waals surface area (Å²) in [4.78, 5) is 11.2. The number of nitrogens with zero attached hydrogens (tertiary/aromatic N) is 4. The topological polar surface area (TPSA) is 72.9 Å². The molecule has 0 aliphatic rings.